The first-order chi connectivity index (χ1) is 8.36. The van der Waals surface area contributed by atoms with Crippen LogP contribution in [0.5, 0.6) is 0 Å². The van der Waals surface area contributed by atoms with Gasteiger partial charge in [-0.05, 0) is 24.5 Å². The summed E-state index contributed by atoms with van der Waals surface area (Å²) >= 11 is 0. The Morgan fingerprint density at radius 1 is 1.28 bits per heavy atom. The van der Waals surface area contributed by atoms with Crippen LogP contribution in [0.15, 0.2) is 24.3 Å². The molecule has 0 atom stereocenters. The van der Waals surface area contributed by atoms with Crippen molar-refractivity contribution in [3.05, 3.63) is 29.8 Å². The Bertz CT molecular complexity index is 432. The summed E-state index contributed by atoms with van der Waals surface area (Å²) in [7, 11) is 0. The van der Waals surface area contributed by atoms with Gasteiger partial charge in [-0.1, -0.05) is 24.6 Å². The number of carbonyl (C=O) groups excluding carboxylic acids is 1. The number of nitrogens with one attached hydrogen (secondary N) is 1. The zero-order valence-corrected chi connectivity index (χ0v) is 11.2. The highest BCUT2D eigenvalue weighted by Gasteiger charge is 2.31. The smallest absolute Gasteiger partial charge is 0.230 e. The minimum absolute atomic E-state index is 0. The van der Waals surface area contributed by atoms with E-state index in [1.54, 1.807) is 0 Å². The molecule has 0 spiro atoms. The molecule has 1 N–H and O–H groups in total. The number of carbonyl (C=O) groups is 1. The third-order valence-corrected chi connectivity index (χ3v) is 3.83. The second-order valence-corrected chi connectivity index (χ2v) is 4.92. The minimum Gasteiger partial charge on any atom is -0.311 e. The van der Waals surface area contributed by atoms with Gasteiger partial charge in [0.2, 0.25) is 5.91 Å². The standard InChI is InChI=1S/C14H18N2O.ClH/c17-14(11-5-3-6-11)16-9-8-15-10-12-4-1-2-7-13(12)16;/h1-2,4,7,11,15H,3,5-6,8-10H2;1H. The van der Waals surface area contributed by atoms with Gasteiger partial charge in [-0.3, -0.25) is 4.79 Å². The fourth-order valence-electron chi connectivity index (χ4n) is 2.56. The summed E-state index contributed by atoms with van der Waals surface area (Å²) in [4.78, 5) is 14.4. The molecule has 0 aromatic heterocycles. The van der Waals surface area contributed by atoms with Crippen LogP contribution in [-0.4, -0.2) is 19.0 Å². The Kier molecular flexibility index (Phi) is 4.25. The van der Waals surface area contributed by atoms with Crippen LogP contribution in [0, 0.1) is 5.92 Å². The molecule has 0 unspecified atom stereocenters. The average Bonchev–Trinajstić information content (AvgIpc) is 2.48. The van der Waals surface area contributed by atoms with Crippen molar-refractivity contribution in [1.82, 2.24) is 5.32 Å². The number of hydrogen-bond acceptors (Lipinski definition) is 2. The summed E-state index contributed by atoms with van der Waals surface area (Å²) in [5, 5.41) is 3.37. The molecule has 1 amide bonds. The molecule has 3 nitrogen and oxygen atoms in total. The summed E-state index contributed by atoms with van der Waals surface area (Å²) in [6, 6.07) is 8.23. The Balaban J connectivity index is 0.00000120. The van der Waals surface area contributed by atoms with Gasteiger partial charge in [0.25, 0.3) is 0 Å². The van der Waals surface area contributed by atoms with E-state index in [0.717, 1.165) is 38.2 Å². The van der Waals surface area contributed by atoms with E-state index in [4.69, 9.17) is 0 Å². The number of fused-ring (bicyclic) bond motifs is 1. The highest BCUT2D eigenvalue weighted by Crippen LogP contribution is 2.31. The lowest BCUT2D eigenvalue weighted by atomic mass is 9.84. The number of hydrogen-bond donors (Lipinski definition) is 1. The molecular weight excluding hydrogens is 248 g/mol. The first kappa shape index (κ1) is 13.4. The van der Waals surface area contributed by atoms with Crippen LogP contribution >= 0.6 is 12.4 Å². The normalized spacial score (nSPS) is 19.2. The molecule has 1 aromatic carbocycles. The van der Waals surface area contributed by atoms with Gasteiger partial charge in [0, 0.05) is 31.2 Å². The summed E-state index contributed by atoms with van der Waals surface area (Å²) in [5.41, 5.74) is 2.34. The maximum Gasteiger partial charge on any atom is 0.230 e. The maximum absolute atomic E-state index is 12.4. The fourth-order valence-corrected chi connectivity index (χ4v) is 2.56. The molecule has 1 aliphatic carbocycles. The van der Waals surface area contributed by atoms with Crippen LogP contribution < -0.4 is 10.2 Å². The number of amides is 1. The van der Waals surface area contributed by atoms with Crippen molar-refractivity contribution >= 4 is 24.0 Å². The van der Waals surface area contributed by atoms with E-state index in [2.05, 4.69) is 17.4 Å². The predicted molar refractivity (Wildman–Crippen MR) is 75.1 cm³/mol. The molecule has 1 aliphatic heterocycles. The van der Waals surface area contributed by atoms with Gasteiger partial charge in [-0.2, -0.15) is 0 Å². The molecule has 0 radical (unpaired) electrons. The SMILES string of the molecule is Cl.O=C(C1CCC1)N1CCNCc2ccccc21. The lowest BCUT2D eigenvalue weighted by Gasteiger charge is -2.31. The number of rotatable bonds is 1. The lowest BCUT2D eigenvalue weighted by Crippen LogP contribution is -2.41. The number of benzene rings is 1. The third kappa shape index (κ3) is 2.38. The van der Waals surface area contributed by atoms with E-state index < -0.39 is 0 Å². The van der Waals surface area contributed by atoms with Crippen LogP contribution in [0.25, 0.3) is 0 Å². The van der Waals surface area contributed by atoms with Gasteiger partial charge in [0.15, 0.2) is 0 Å². The Hall–Kier alpha value is -1.06. The molecule has 1 saturated carbocycles. The zero-order chi connectivity index (χ0) is 11.7. The average molecular weight is 267 g/mol. The summed E-state index contributed by atoms with van der Waals surface area (Å²) < 4.78 is 0. The van der Waals surface area contributed by atoms with Crippen molar-refractivity contribution in [2.24, 2.45) is 5.92 Å². The van der Waals surface area contributed by atoms with E-state index >= 15 is 0 Å². The van der Waals surface area contributed by atoms with Gasteiger partial charge >= 0.3 is 0 Å². The molecule has 0 saturated heterocycles. The largest absolute Gasteiger partial charge is 0.311 e. The molecule has 3 rings (SSSR count). The fraction of sp³-hybridized carbons (Fsp3) is 0.500. The summed E-state index contributed by atoms with van der Waals surface area (Å²) in [5.74, 6) is 0.605. The van der Waals surface area contributed by atoms with Crippen LogP contribution in [0.4, 0.5) is 5.69 Å². The van der Waals surface area contributed by atoms with Crippen LogP contribution in [0.1, 0.15) is 24.8 Å². The van der Waals surface area contributed by atoms with Gasteiger partial charge in [-0.25, -0.2) is 0 Å². The topological polar surface area (TPSA) is 32.3 Å². The molecule has 1 heterocycles. The van der Waals surface area contributed by atoms with E-state index in [-0.39, 0.29) is 18.3 Å². The van der Waals surface area contributed by atoms with Crippen LogP contribution in [0.2, 0.25) is 0 Å². The molecule has 1 aromatic rings. The number of para-hydroxylation sites is 1. The maximum atomic E-state index is 12.4. The highest BCUT2D eigenvalue weighted by molar-refractivity contribution is 5.96. The molecule has 1 fully saturated rings. The summed E-state index contributed by atoms with van der Waals surface area (Å²) in [6.45, 7) is 2.55. The second-order valence-electron chi connectivity index (χ2n) is 4.92. The van der Waals surface area contributed by atoms with Gasteiger partial charge in [0.1, 0.15) is 0 Å². The first-order valence-electron chi connectivity index (χ1n) is 6.46. The molecule has 2 aliphatic rings. The molecule has 4 heteroatoms. The molecule has 98 valence electrons. The summed E-state index contributed by atoms with van der Waals surface area (Å²) in [6.07, 6.45) is 3.36. The van der Waals surface area contributed by atoms with Gasteiger partial charge in [0.05, 0.1) is 0 Å². The van der Waals surface area contributed by atoms with E-state index in [1.807, 2.05) is 17.0 Å². The Labute approximate surface area is 114 Å². The highest BCUT2D eigenvalue weighted by atomic mass is 35.5. The predicted octanol–water partition coefficient (Wildman–Crippen LogP) is 2.34. The van der Waals surface area contributed by atoms with Crippen molar-refractivity contribution in [3.8, 4) is 0 Å². The number of halogens is 1. The van der Waals surface area contributed by atoms with E-state index in [1.165, 1.54) is 12.0 Å². The number of nitrogens with zero attached hydrogens (tertiary/aromatic N) is 1. The van der Waals surface area contributed by atoms with Crippen LogP contribution in [0.3, 0.4) is 0 Å². The first-order valence-corrected chi connectivity index (χ1v) is 6.46. The zero-order valence-electron chi connectivity index (χ0n) is 10.4. The van der Waals surface area contributed by atoms with Crippen molar-refractivity contribution < 1.29 is 4.79 Å². The van der Waals surface area contributed by atoms with Gasteiger partial charge < -0.3 is 10.2 Å². The Morgan fingerprint density at radius 2 is 2.06 bits per heavy atom. The third-order valence-electron chi connectivity index (χ3n) is 3.83. The minimum atomic E-state index is 0. The van der Waals surface area contributed by atoms with E-state index in [9.17, 15) is 4.79 Å². The van der Waals surface area contributed by atoms with Crippen molar-refractivity contribution in [2.75, 3.05) is 18.0 Å². The quantitative estimate of drug-likeness (QED) is 0.846. The molecular formula is C14H19ClN2O. The number of anilines is 1. The Morgan fingerprint density at radius 3 is 2.78 bits per heavy atom. The monoisotopic (exact) mass is 266 g/mol. The van der Waals surface area contributed by atoms with Gasteiger partial charge in [-0.15, -0.1) is 12.4 Å². The van der Waals surface area contributed by atoms with Crippen molar-refractivity contribution in [1.29, 1.82) is 0 Å². The second kappa shape index (κ2) is 5.72. The van der Waals surface area contributed by atoms with E-state index in [0.29, 0.717) is 5.91 Å². The molecule has 0 bridgehead atoms. The molecule has 18 heavy (non-hydrogen) atoms. The lowest BCUT2D eigenvalue weighted by molar-refractivity contribution is -0.124. The van der Waals surface area contributed by atoms with Crippen molar-refractivity contribution in [3.63, 3.8) is 0 Å². The van der Waals surface area contributed by atoms with Crippen molar-refractivity contribution in [2.45, 2.75) is 25.8 Å². The van der Waals surface area contributed by atoms with Crippen LogP contribution in [-0.2, 0) is 11.3 Å².